The topological polar surface area (TPSA) is 148 Å². The number of amides is 1. The maximum Gasteiger partial charge on any atom is 0.321 e. The summed E-state index contributed by atoms with van der Waals surface area (Å²) < 4.78 is 0. The molecule has 0 spiro atoms. The van der Waals surface area contributed by atoms with E-state index in [2.05, 4.69) is 10.6 Å². The first kappa shape index (κ1) is 18.8. The molecule has 0 saturated heterocycles. The van der Waals surface area contributed by atoms with Gasteiger partial charge in [-0.1, -0.05) is 11.6 Å². The molecule has 5 N–H and O–H groups in total. The molecule has 0 radical (unpaired) electrons. The number of carbonyl (C=O) groups excluding carboxylic acids is 1. The van der Waals surface area contributed by atoms with Crippen LogP contribution in [0.15, 0.2) is 18.2 Å². The van der Waals surface area contributed by atoms with Crippen molar-refractivity contribution in [2.75, 3.05) is 18.4 Å². The summed E-state index contributed by atoms with van der Waals surface area (Å²) in [6.45, 7) is 0.771. The highest BCUT2D eigenvalue weighted by Gasteiger charge is 2.21. The summed E-state index contributed by atoms with van der Waals surface area (Å²) in [6.07, 6.45) is 0.255. The molecule has 1 amide bonds. The Hall–Kier alpha value is -2.23. The lowest BCUT2D eigenvalue weighted by Gasteiger charge is -2.14. The lowest BCUT2D eigenvalue weighted by atomic mass is 10.2. The van der Waals surface area contributed by atoms with E-state index >= 15 is 0 Å². The molecule has 0 saturated carbocycles. The number of benzene rings is 1. The van der Waals surface area contributed by atoms with Gasteiger partial charge in [-0.05, 0) is 31.6 Å². The lowest BCUT2D eigenvalue weighted by Crippen LogP contribution is -2.40. The van der Waals surface area contributed by atoms with Crippen molar-refractivity contribution in [2.24, 2.45) is 5.73 Å². The Bertz CT molecular complexity index is 596. The fraction of sp³-hybridized carbons (Fsp3) is 0.385. The van der Waals surface area contributed by atoms with Crippen molar-refractivity contribution < 1.29 is 19.6 Å². The number of carboxylic acids is 1. The van der Waals surface area contributed by atoms with Gasteiger partial charge in [-0.2, -0.15) is 0 Å². The van der Waals surface area contributed by atoms with Crippen molar-refractivity contribution in [1.82, 2.24) is 5.32 Å². The second-order valence-electron chi connectivity index (χ2n) is 4.66. The quantitative estimate of drug-likeness (QED) is 0.296. The van der Waals surface area contributed by atoms with Gasteiger partial charge in [0.25, 0.3) is 5.69 Å². The fourth-order valence-corrected chi connectivity index (χ4v) is 1.94. The number of aliphatic carboxylic acids is 1. The van der Waals surface area contributed by atoms with Gasteiger partial charge in [0.2, 0.25) is 5.91 Å². The molecule has 0 aromatic heterocycles. The van der Waals surface area contributed by atoms with Crippen LogP contribution in [-0.2, 0) is 9.59 Å². The highest BCUT2D eigenvalue weighted by atomic mass is 35.5. The van der Waals surface area contributed by atoms with Gasteiger partial charge in [-0.15, -0.1) is 0 Å². The third-order valence-corrected chi connectivity index (χ3v) is 3.21. The Kier molecular flexibility index (Phi) is 7.39. The number of nitrogens with two attached hydrogens (primary N) is 1. The zero-order chi connectivity index (χ0) is 17.4. The van der Waals surface area contributed by atoms with E-state index in [1.165, 1.54) is 12.1 Å². The Balaban J connectivity index is 2.69. The van der Waals surface area contributed by atoms with Crippen LogP contribution < -0.4 is 16.4 Å². The second kappa shape index (κ2) is 9.03. The van der Waals surface area contributed by atoms with Gasteiger partial charge in [-0.3, -0.25) is 19.7 Å². The number of anilines is 1. The average molecular weight is 345 g/mol. The Morgan fingerprint density at radius 3 is 2.70 bits per heavy atom. The maximum absolute atomic E-state index is 11.9. The third kappa shape index (κ3) is 6.19. The predicted molar refractivity (Wildman–Crippen MR) is 84.5 cm³/mol. The third-order valence-electron chi connectivity index (χ3n) is 2.89. The molecule has 1 aromatic rings. The van der Waals surface area contributed by atoms with Crippen LogP contribution in [0.25, 0.3) is 0 Å². The molecule has 0 aliphatic rings. The molecule has 1 aromatic carbocycles. The van der Waals surface area contributed by atoms with Crippen molar-refractivity contribution in [1.29, 1.82) is 0 Å². The summed E-state index contributed by atoms with van der Waals surface area (Å²) in [5.74, 6) is -1.76. The molecule has 10 heteroatoms. The molecule has 1 rings (SSSR count). The average Bonchev–Trinajstić information content (AvgIpc) is 2.48. The number of hydrogen-bond acceptors (Lipinski definition) is 6. The lowest BCUT2D eigenvalue weighted by molar-refractivity contribution is -0.384. The molecule has 126 valence electrons. The number of carboxylic acid groups (broad SMARTS) is 1. The second-order valence-corrected chi connectivity index (χ2v) is 5.07. The number of nitro benzene ring substituents is 1. The molecule has 0 fully saturated rings. The summed E-state index contributed by atoms with van der Waals surface area (Å²) >= 11 is 5.67. The first-order valence-electron chi connectivity index (χ1n) is 6.75. The number of nitrogens with zero attached hydrogens (tertiary/aromatic N) is 1. The number of halogens is 1. The van der Waals surface area contributed by atoms with Gasteiger partial charge < -0.3 is 21.5 Å². The van der Waals surface area contributed by atoms with Gasteiger partial charge in [0.05, 0.1) is 11.3 Å². The van der Waals surface area contributed by atoms with E-state index in [1.54, 1.807) is 0 Å². The van der Waals surface area contributed by atoms with Crippen LogP contribution in [0.2, 0.25) is 5.02 Å². The smallest absolute Gasteiger partial charge is 0.321 e. The standard InChI is InChI=1S/C13H17ClN4O5/c14-9-3-2-8(6-11(9)18(22)23)17-12(19)7-10(13(20)21)16-5-1-4-15/h2-3,6,10,16H,1,4-5,7,15H2,(H,17,19)(H,20,21)/t10-/m1/s1. The van der Waals surface area contributed by atoms with Crippen molar-refractivity contribution in [3.63, 3.8) is 0 Å². The molecule has 23 heavy (non-hydrogen) atoms. The van der Waals surface area contributed by atoms with Crippen LogP contribution in [0.5, 0.6) is 0 Å². The van der Waals surface area contributed by atoms with E-state index in [1.807, 2.05) is 0 Å². The molecular formula is C13H17ClN4O5. The van der Waals surface area contributed by atoms with Crippen LogP contribution in [0.1, 0.15) is 12.8 Å². The summed E-state index contributed by atoms with van der Waals surface area (Å²) in [4.78, 5) is 33.1. The Labute approximate surface area is 136 Å². The molecule has 0 unspecified atom stereocenters. The van der Waals surface area contributed by atoms with Crippen molar-refractivity contribution in [2.45, 2.75) is 18.9 Å². The molecule has 0 bridgehead atoms. The first-order chi connectivity index (χ1) is 10.8. The fourth-order valence-electron chi connectivity index (χ4n) is 1.75. The van der Waals surface area contributed by atoms with Gasteiger partial charge in [0, 0.05) is 11.8 Å². The zero-order valence-electron chi connectivity index (χ0n) is 12.1. The van der Waals surface area contributed by atoms with E-state index in [-0.39, 0.29) is 22.8 Å². The predicted octanol–water partition coefficient (Wildman–Crippen LogP) is 0.968. The van der Waals surface area contributed by atoms with Crippen molar-refractivity contribution in [3.8, 4) is 0 Å². The number of rotatable bonds is 9. The number of nitro groups is 1. The van der Waals surface area contributed by atoms with Crippen LogP contribution >= 0.6 is 11.6 Å². The van der Waals surface area contributed by atoms with Crippen LogP contribution in [-0.4, -0.2) is 41.0 Å². The SMILES string of the molecule is NCCCN[C@H](CC(=O)Nc1ccc(Cl)c([N+](=O)[O-])c1)C(=O)O. The molecule has 9 nitrogen and oxygen atoms in total. The highest BCUT2D eigenvalue weighted by Crippen LogP contribution is 2.27. The van der Waals surface area contributed by atoms with Crippen LogP contribution in [0, 0.1) is 10.1 Å². The zero-order valence-corrected chi connectivity index (χ0v) is 12.9. The van der Waals surface area contributed by atoms with Crippen molar-refractivity contribution in [3.05, 3.63) is 33.3 Å². The molecule has 0 heterocycles. The summed E-state index contributed by atoms with van der Waals surface area (Å²) in [6, 6.07) is 2.72. The Morgan fingerprint density at radius 1 is 1.43 bits per heavy atom. The summed E-state index contributed by atoms with van der Waals surface area (Å²) in [7, 11) is 0. The first-order valence-corrected chi connectivity index (χ1v) is 7.13. The molecular weight excluding hydrogens is 328 g/mol. The molecule has 0 aliphatic heterocycles. The van der Waals surface area contributed by atoms with Gasteiger partial charge in [0.1, 0.15) is 11.1 Å². The molecule has 0 aliphatic carbocycles. The van der Waals surface area contributed by atoms with Gasteiger partial charge in [0.15, 0.2) is 0 Å². The van der Waals surface area contributed by atoms with E-state index < -0.39 is 22.8 Å². The number of hydrogen-bond donors (Lipinski definition) is 4. The normalized spacial score (nSPS) is 11.7. The van der Waals surface area contributed by atoms with Crippen LogP contribution in [0.3, 0.4) is 0 Å². The summed E-state index contributed by atoms with van der Waals surface area (Å²) in [5, 5.41) is 24.9. The highest BCUT2D eigenvalue weighted by molar-refractivity contribution is 6.32. The van der Waals surface area contributed by atoms with Crippen molar-refractivity contribution >= 4 is 34.9 Å². The minimum atomic E-state index is -1.17. The number of carbonyl (C=O) groups is 2. The largest absolute Gasteiger partial charge is 0.480 e. The minimum absolute atomic E-state index is 0.0557. The van der Waals surface area contributed by atoms with E-state index in [0.717, 1.165) is 6.07 Å². The summed E-state index contributed by atoms with van der Waals surface area (Å²) in [5.41, 5.74) is 5.13. The monoisotopic (exact) mass is 344 g/mol. The van der Waals surface area contributed by atoms with Gasteiger partial charge >= 0.3 is 5.97 Å². The van der Waals surface area contributed by atoms with E-state index in [4.69, 9.17) is 22.4 Å². The van der Waals surface area contributed by atoms with E-state index in [0.29, 0.717) is 19.5 Å². The molecule has 1 atom stereocenters. The van der Waals surface area contributed by atoms with Crippen LogP contribution in [0.4, 0.5) is 11.4 Å². The van der Waals surface area contributed by atoms with E-state index in [9.17, 15) is 19.7 Å². The minimum Gasteiger partial charge on any atom is -0.480 e. The maximum atomic E-state index is 11.9. The number of nitrogens with one attached hydrogen (secondary N) is 2. The van der Waals surface area contributed by atoms with Gasteiger partial charge in [-0.25, -0.2) is 0 Å². The Morgan fingerprint density at radius 2 is 2.13 bits per heavy atom.